The van der Waals surface area contributed by atoms with Crippen molar-refractivity contribution in [2.24, 2.45) is 0 Å². The first kappa shape index (κ1) is 30.0. The number of fused-ring (bicyclic) bond motifs is 1. The predicted octanol–water partition coefficient (Wildman–Crippen LogP) is 4.48. The predicted molar refractivity (Wildman–Crippen MR) is 152 cm³/mol. The highest BCUT2D eigenvalue weighted by atomic mass is 16.7. The van der Waals surface area contributed by atoms with Crippen molar-refractivity contribution in [2.75, 3.05) is 0 Å². The van der Waals surface area contributed by atoms with Crippen molar-refractivity contribution >= 4 is 23.9 Å². The number of benzene rings is 2. The molecule has 9 nitrogen and oxygen atoms in total. The Morgan fingerprint density at radius 3 is 2.61 bits per heavy atom. The van der Waals surface area contributed by atoms with Crippen LogP contribution in [0.15, 0.2) is 66.9 Å². The van der Waals surface area contributed by atoms with Crippen LogP contribution in [-0.2, 0) is 30.2 Å². The lowest BCUT2D eigenvalue weighted by Gasteiger charge is -2.37. The molecule has 218 valence electrons. The molecule has 0 aliphatic carbocycles. The molecule has 2 aromatic carbocycles. The monoisotopic (exact) mass is 563 g/mol. The number of aliphatic hydroxyl groups is 1. The molecule has 4 atom stereocenters. The third-order valence-corrected chi connectivity index (χ3v) is 6.74. The molecule has 1 amide bonds. The number of hydrogen-bond acceptors (Lipinski definition) is 8. The third-order valence-electron chi connectivity index (χ3n) is 6.74. The van der Waals surface area contributed by atoms with Crippen LogP contribution in [-0.4, -0.2) is 53.2 Å². The third kappa shape index (κ3) is 9.03. The highest BCUT2D eigenvalue weighted by Gasteiger charge is 2.37. The van der Waals surface area contributed by atoms with E-state index in [1.807, 2.05) is 42.5 Å². The number of nitrogens with one attached hydrogen (secondary N) is 1. The molecule has 9 heteroatoms. The van der Waals surface area contributed by atoms with Gasteiger partial charge in [0.05, 0.1) is 18.3 Å². The maximum atomic E-state index is 12.8. The smallest absolute Gasteiger partial charge is 0.345 e. The van der Waals surface area contributed by atoms with Crippen LogP contribution < -0.4 is 10.1 Å². The average molecular weight is 564 g/mol. The van der Waals surface area contributed by atoms with E-state index in [4.69, 9.17) is 18.9 Å². The SMILES string of the molecule is CC(=O)O[C@@H]1C[C@H](Cc2cccc3c2C(=O)OC(C)(C)O3)O[C@@H](C[C@@H](O)C/C=C/NC(=O)/C=C/c2ccccc2)C1. The zero-order chi connectivity index (χ0) is 29.4. The van der Waals surface area contributed by atoms with Crippen molar-refractivity contribution in [3.05, 3.63) is 83.6 Å². The van der Waals surface area contributed by atoms with Crippen molar-refractivity contribution < 1.29 is 38.4 Å². The molecular weight excluding hydrogens is 526 g/mol. The van der Waals surface area contributed by atoms with Gasteiger partial charge in [-0.25, -0.2) is 4.79 Å². The van der Waals surface area contributed by atoms with E-state index in [0.29, 0.717) is 43.4 Å². The summed E-state index contributed by atoms with van der Waals surface area (Å²) in [4.78, 5) is 36.5. The number of hydrogen-bond donors (Lipinski definition) is 2. The molecule has 0 aromatic heterocycles. The van der Waals surface area contributed by atoms with Crippen LogP contribution in [0.4, 0.5) is 0 Å². The van der Waals surface area contributed by atoms with E-state index in [-0.39, 0.29) is 30.2 Å². The Bertz CT molecular complexity index is 1290. The summed E-state index contributed by atoms with van der Waals surface area (Å²) >= 11 is 0. The van der Waals surface area contributed by atoms with Crippen molar-refractivity contribution in [2.45, 2.75) is 83.1 Å². The van der Waals surface area contributed by atoms with E-state index < -0.39 is 17.9 Å². The van der Waals surface area contributed by atoms with Crippen LogP contribution in [0.25, 0.3) is 6.08 Å². The Balaban J connectivity index is 1.33. The minimum absolute atomic E-state index is 0.275. The molecule has 2 heterocycles. The maximum absolute atomic E-state index is 12.8. The van der Waals surface area contributed by atoms with Gasteiger partial charge in [0, 0.05) is 45.9 Å². The molecule has 0 unspecified atom stereocenters. The van der Waals surface area contributed by atoms with E-state index in [9.17, 15) is 19.5 Å². The van der Waals surface area contributed by atoms with E-state index in [1.165, 1.54) is 19.2 Å². The fraction of sp³-hybridized carbons (Fsp3) is 0.406. The normalized spacial score (nSPS) is 22.4. The molecule has 2 N–H and O–H groups in total. The second kappa shape index (κ2) is 13.6. The summed E-state index contributed by atoms with van der Waals surface area (Å²) in [5, 5.41) is 13.3. The maximum Gasteiger partial charge on any atom is 0.345 e. The summed E-state index contributed by atoms with van der Waals surface area (Å²) in [7, 11) is 0. The molecule has 1 fully saturated rings. The van der Waals surface area contributed by atoms with Gasteiger partial charge in [-0.05, 0) is 42.5 Å². The van der Waals surface area contributed by atoms with Crippen molar-refractivity contribution in [3.63, 3.8) is 0 Å². The lowest BCUT2D eigenvalue weighted by atomic mass is 9.91. The van der Waals surface area contributed by atoms with Gasteiger partial charge in [-0.3, -0.25) is 9.59 Å². The molecule has 41 heavy (non-hydrogen) atoms. The van der Waals surface area contributed by atoms with Crippen LogP contribution in [0.5, 0.6) is 5.75 Å². The van der Waals surface area contributed by atoms with Crippen molar-refractivity contribution in [1.82, 2.24) is 5.32 Å². The molecule has 0 spiro atoms. The first-order valence-electron chi connectivity index (χ1n) is 13.8. The standard InChI is InChI=1S/C32H37NO8/c1-21(34)38-27-19-25(17-23-11-7-13-28-30(23)31(37)41-32(2,3)40-28)39-26(20-27)18-24(35)12-8-16-33-29(36)15-14-22-9-5-4-6-10-22/h4-11,13-16,24-27,35H,12,17-20H2,1-3H3,(H,33,36)/b15-14+,16-8+/t24-,25-,26-,27+/m0/s1. The van der Waals surface area contributed by atoms with Gasteiger partial charge < -0.3 is 29.4 Å². The minimum atomic E-state index is -1.05. The summed E-state index contributed by atoms with van der Waals surface area (Å²) in [6, 6.07) is 14.9. The highest BCUT2D eigenvalue weighted by molar-refractivity contribution is 5.95. The quantitative estimate of drug-likeness (QED) is 0.321. The van der Waals surface area contributed by atoms with E-state index in [0.717, 1.165) is 11.1 Å². The largest absolute Gasteiger partial charge is 0.462 e. The van der Waals surface area contributed by atoms with Crippen molar-refractivity contribution in [1.29, 1.82) is 0 Å². The Labute approximate surface area is 240 Å². The molecule has 0 saturated carbocycles. The number of amides is 1. The summed E-state index contributed by atoms with van der Waals surface area (Å²) < 4.78 is 23.1. The van der Waals surface area contributed by atoms with Gasteiger partial charge in [0.15, 0.2) is 0 Å². The summed E-state index contributed by atoms with van der Waals surface area (Å²) in [6.07, 6.45) is 6.42. The van der Waals surface area contributed by atoms with Crippen LogP contribution in [0.2, 0.25) is 0 Å². The molecule has 2 aliphatic heterocycles. The summed E-state index contributed by atoms with van der Waals surface area (Å²) in [6.45, 7) is 4.72. The zero-order valence-corrected chi connectivity index (χ0v) is 23.6. The Morgan fingerprint density at radius 2 is 1.85 bits per heavy atom. The number of ether oxygens (including phenoxy) is 4. The van der Waals surface area contributed by atoms with Gasteiger partial charge in [0.25, 0.3) is 0 Å². The number of aliphatic hydroxyl groups excluding tert-OH is 1. The Morgan fingerprint density at radius 1 is 1.10 bits per heavy atom. The van der Waals surface area contributed by atoms with Crippen LogP contribution >= 0.6 is 0 Å². The van der Waals surface area contributed by atoms with Gasteiger partial charge >= 0.3 is 11.9 Å². The van der Waals surface area contributed by atoms with Gasteiger partial charge in [0.2, 0.25) is 11.7 Å². The summed E-state index contributed by atoms with van der Waals surface area (Å²) in [5.41, 5.74) is 2.01. The second-order valence-electron chi connectivity index (χ2n) is 10.7. The van der Waals surface area contributed by atoms with E-state index in [2.05, 4.69) is 5.32 Å². The first-order valence-corrected chi connectivity index (χ1v) is 13.8. The second-order valence-corrected chi connectivity index (χ2v) is 10.7. The minimum Gasteiger partial charge on any atom is -0.462 e. The number of rotatable bonds is 10. The van der Waals surface area contributed by atoms with Crippen LogP contribution in [0, 0.1) is 0 Å². The Hall–Kier alpha value is -3.95. The molecular formula is C32H37NO8. The lowest BCUT2D eigenvalue weighted by molar-refractivity contribution is -0.161. The van der Waals surface area contributed by atoms with Crippen molar-refractivity contribution in [3.8, 4) is 5.75 Å². The number of carbonyl (C=O) groups excluding carboxylic acids is 3. The van der Waals surface area contributed by atoms with Crippen LogP contribution in [0.3, 0.4) is 0 Å². The molecule has 1 saturated heterocycles. The number of carbonyl (C=O) groups is 3. The zero-order valence-electron chi connectivity index (χ0n) is 23.6. The van der Waals surface area contributed by atoms with Crippen LogP contribution in [0.1, 0.15) is 67.9 Å². The lowest BCUT2D eigenvalue weighted by Crippen LogP contribution is -2.41. The summed E-state index contributed by atoms with van der Waals surface area (Å²) in [5.74, 6) is -1.71. The molecule has 2 aliphatic rings. The molecule has 0 bridgehead atoms. The van der Waals surface area contributed by atoms with Gasteiger partial charge in [0.1, 0.15) is 17.4 Å². The number of esters is 2. The van der Waals surface area contributed by atoms with Gasteiger partial charge in [-0.15, -0.1) is 0 Å². The highest BCUT2D eigenvalue weighted by Crippen LogP contribution is 2.35. The molecule has 0 radical (unpaired) electrons. The topological polar surface area (TPSA) is 120 Å². The average Bonchev–Trinajstić information content (AvgIpc) is 2.89. The van der Waals surface area contributed by atoms with E-state index >= 15 is 0 Å². The van der Waals surface area contributed by atoms with Gasteiger partial charge in [-0.1, -0.05) is 48.5 Å². The molecule has 2 aromatic rings. The fourth-order valence-electron chi connectivity index (χ4n) is 5.10. The fourth-order valence-corrected chi connectivity index (χ4v) is 5.10. The van der Waals surface area contributed by atoms with E-state index in [1.54, 1.807) is 32.1 Å². The molecule has 4 rings (SSSR count). The van der Waals surface area contributed by atoms with Gasteiger partial charge in [-0.2, -0.15) is 0 Å². The number of cyclic esters (lactones) is 1. The Kier molecular flexibility index (Phi) is 9.96. The first-order chi connectivity index (χ1) is 19.6.